The van der Waals surface area contributed by atoms with Gasteiger partial charge in [0, 0.05) is 34.2 Å². The molecule has 2 atom stereocenters. The highest BCUT2D eigenvalue weighted by Gasteiger charge is 2.45. The number of aryl methyl sites for hydroxylation is 1. The van der Waals surface area contributed by atoms with E-state index < -0.39 is 17.4 Å². The number of fused-ring (bicyclic) bond motifs is 5. The Morgan fingerprint density at radius 1 is 1.33 bits per heavy atom. The molecule has 3 N–H and O–H groups in total. The highest BCUT2D eigenvalue weighted by molar-refractivity contribution is 5.94. The Hall–Kier alpha value is -3.30. The van der Waals surface area contributed by atoms with Gasteiger partial charge in [-0.05, 0) is 30.9 Å². The van der Waals surface area contributed by atoms with Crippen molar-refractivity contribution >= 4 is 16.9 Å². The van der Waals surface area contributed by atoms with E-state index in [1.165, 1.54) is 13.2 Å². The van der Waals surface area contributed by atoms with Gasteiger partial charge in [0.25, 0.3) is 5.56 Å². The maximum Gasteiger partial charge on any atom is 0.343 e. The number of rotatable bonds is 2. The van der Waals surface area contributed by atoms with Crippen LogP contribution in [0.25, 0.3) is 22.3 Å². The van der Waals surface area contributed by atoms with Gasteiger partial charge in [0.05, 0.1) is 36.1 Å². The van der Waals surface area contributed by atoms with Crippen LogP contribution in [0.15, 0.2) is 16.9 Å². The van der Waals surface area contributed by atoms with E-state index in [1.54, 1.807) is 17.6 Å². The number of nitrogens with zero attached hydrogens (tertiary/aromatic N) is 2. The van der Waals surface area contributed by atoms with Gasteiger partial charge in [-0.15, -0.1) is 0 Å². The Bertz CT molecular complexity index is 1460. The number of benzene rings is 1. The summed E-state index contributed by atoms with van der Waals surface area (Å²) in [6.45, 7) is 1.71. The number of hydrogen-bond acceptors (Lipinski definition) is 7. The zero-order valence-corrected chi connectivity index (χ0v) is 18.2. The Morgan fingerprint density at radius 3 is 2.85 bits per heavy atom. The van der Waals surface area contributed by atoms with E-state index in [-0.39, 0.29) is 48.0 Å². The quantitative estimate of drug-likeness (QED) is 0.449. The average Bonchev–Trinajstić information content (AvgIpc) is 3.17. The normalized spacial score (nSPS) is 22.6. The molecule has 2 aliphatic heterocycles. The van der Waals surface area contributed by atoms with Crippen LogP contribution in [0, 0.1) is 5.82 Å². The molecule has 0 saturated heterocycles. The third-order valence-corrected chi connectivity index (χ3v) is 7.31. The van der Waals surface area contributed by atoms with Crippen LogP contribution in [0.4, 0.5) is 4.39 Å². The lowest BCUT2D eigenvalue weighted by atomic mass is 9.83. The van der Waals surface area contributed by atoms with Gasteiger partial charge in [-0.25, -0.2) is 14.2 Å². The third kappa shape index (κ3) is 2.43. The predicted octanol–water partition coefficient (Wildman–Crippen LogP) is 2.17. The zero-order valence-electron chi connectivity index (χ0n) is 18.2. The SMILES string of the molecule is CC[C@@]1(O)C(=O)OCc2c1cc1n(c2=O)Cc2c-1nc1cc(F)c(OC)c3c1c2C(N)CC3. The zero-order chi connectivity index (χ0) is 23.2. The fraction of sp³-hybridized carbons (Fsp3) is 0.375. The Morgan fingerprint density at radius 2 is 2.12 bits per heavy atom. The maximum absolute atomic E-state index is 14.8. The summed E-state index contributed by atoms with van der Waals surface area (Å²) in [4.78, 5) is 30.5. The van der Waals surface area contributed by atoms with E-state index in [0.717, 1.165) is 22.1 Å². The number of pyridine rings is 2. The lowest BCUT2D eigenvalue weighted by Crippen LogP contribution is -2.44. The minimum absolute atomic E-state index is 0.0597. The Kier molecular flexibility index (Phi) is 4.07. The first-order chi connectivity index (χ1) is 15.8. The molecule has 0 radical (unpaired) electrons. The van der Waals surface area contributed by atoms with Crippen LogP contribution in [0.2, 0.25) is 0 Å². The topological polar surface area (TPSA) is 117 Å². The molecule has 2 aromatic heterocycles. The van der Waals surface area contributed by atoms with Gasteiger partial charge in [-0.3, -0.25) is 4.79 Å². The van der Waals surface area contributed by atoms with Gasteiger partial charge >= 0.3 is 5.97 Å². The molecule has 3 aliphatic rings. The first-order valence-corrected chi connectivity index (χ1v) is 10.9. The number of methoxy groups -OCH3 is 1. The number of aliphatic hydroxyl groups is 1. The van der Waals surface area contributed by atoms with E-state index in [4.69, 9.17) is 20.2 Å². The fourth-order valence-corrected chi connectivity index (χ4v) is 5.62. The molecule has 0 saturated carbocycles. The average molecular weight is 451 g/mol. The smallest absolute Gasteiger partial charge is 0.343 e. The van der Waals surface area contributed by atoms with E-state index in [2.05, 4.69) is 0 Å². The second-order valence-corrected chi connectivity index (χ2v) is 8.87. The monoisotopic (exact) mass is 451 g/mol. The molecule has 6 rings (SSSR count). The highest BCUT2D eigenvalue weighted by atomic mass is 19.1. The van der Waals surface area contributed by atoms with Crippen LogP contribution in [0.1, 0.15) is 53.6 Å². The number of carbonyl (C=O) groups is 1. The van der Waals surface area contributed by atoms with E-state index in [9.17, 15) is 19.1 Å². The molecule has 1 aliphatic carbocycles. The van der Waals surface area contributed by atoms with Gasteiger partial charge in [0.2, 0.25) is 0 Å². The molecular weight excluding hydrogens is 429 g/mol. The van der Waals surface area contributed by atoms with E-state index in [1.807, 2.05) is 0 Å². The molecule has 9 heteroatoms. The molecule has 33 heavy (non-hydrogen) atoms. The second-order valence-electron chi connectivity index (χ2n) is 8.87. The summed E-state index contributed by atoms with van der Waals surface area (Å²) in [7, 11) is 1.44. The predicted molar refractivity (Wildman–Crippen MR) is 116 cm³/mol. The number of hydrogen-bond donors (Lipinski definition) is 2. The number of aromatic nitrogens is 2. The van der Waals surface area contributed by atoms with Crippen molar-refractivity contribution < 1.29 is 23.8 Å². The van der Waals surface area contributed by atoms with Crippen LogP contribution in [0.3, 0.4) is 0 Å². The molecule has 8 nitrogen and oxygen atoms in total. The third-order valence-electron chi connectivity index (χ3n) is 7.31. The van der Waals surface area contributed by atoms with Crippen molar-refractivity contribution in [1.29, 1.82) is 0 Å². The van der Waals surface area contributed by atoms with Gasteiger partial charge in [0.1, 0.15) is 6.61 Å². The van der Waals surface area contributed by atoms with Crippen molar-refractivity contribution in [3.8, 4) is 17.1 Å². The van der Waals surface area contributed by atoms with Crippen molar-refractivity contribution in [3.05, 3.63) is 56.1 Å². The molecule has 1 unspecified atom stereocenters. The van der Waals surface area contributed by atoms with Crippen molar-refractivity contribution in [1.82, 2.24) is 9.55 Å². The molecule has 0 spiro atoms. The van der Waals surface area contributed by atoms with Gasteiger partial charge in [-0.2, -0.15) is 0 Å². The summed E-state index contributed by atoms with van der Waals surface area (Å²) >= 11 is 0. The molecule has 1 aromatic carbocycles. The first-order valence-electron chi connectivity index (χ1n) is 10.9. The minimum atomic E-state index is -1.90. The highest BCUT2D eigenvalue weighted by Crippen LogP contribution is 2.46. The van der Waals surface area contributed by atoms with Gasteiger partial charge < -0.3 is 24.9 Å². The van der Waals surface area contributed by atoms with E-state index >= 15 is 0 Å². The second kappa shape index (κ2) is 6.61. The van der Waals surface area contributed by atoms with Crippen molar-refractivity contribution in [2.75, 3.05) is 7.11 Å². The molecule has 0 amide bonds. The van der Waals surface area contributed by atoms with Crippen molar-refractivity contribution in [3.63, 3.8) is 0 Å². The lowest BCUT2D eigenvalue weighted by molar-refractivity contribution is -0.172. The molecule has 0 fully saturated rings. The fourth-order valence-electron chi connectivity index (χ4n) is 5.62. The summed E-state index contributed by atoms with van der Waals surface area (Å²) in [5.74, 6) is -1.08. The molecule has 170 valence electrons. The van der Waals surface area contributed by atoms with Crippen LogP contribution < -0.4 is 16.0 Å². The van der Waals surface area contributed by atoms with Crippen LogP contribution >= 0.6 is 0 Å². The van der Waals surface area contributed by atoms with Crippen LogP contribution in [0.5, 0.6) is 5.75 Å². The number of ether oxygens (including phenoxy) is 2. The molecule has 3 aromatic rings. The minimum Gasteiger partial charge on any atom is -0.493 e. The van der Waals surface area contributed by atoms with Crippen LogP contribution in [-0.4, -0.2) is 27.7 Å². The molecule has 4 heterocycles. The summed E-state index contributed by atoms with van der Waals surface area (Å²) in [5, 5.41) is 11.8. The largest absolute Gasteiger partial charge is 0.493 e. The first kappa shape index (κ1) is 20.3. The number of carbonyl (C=O) groups excluding carboxylic acids is 1. The number of esters is 1. The summed E-state index contributed by atoms with van der Waals surface area (Å²) in [6, 6.07) is 2.68. The number of halogens is 1. The summed E-state index contributed by atoms with van der Waals surface area (Å²) < 4.78 is 26.8. The lowest BCUT2D eigenvalue weighted by Gasteiger charge is -2.31. The van der Waals surface area contributed by atoms with Gasteiger partial charge in [-0.1, -0.05) is 6.92 Å². The number of nitrogens with two attached hydrogens (primary N) is 1. The Balaban J connectivity index is 1.69. The van der Waals surface area contributed by atoms with Gasteiger partial charge in [0.15, 0.2) is 17.2 Å². The van der Waals surface area contributed by atoms with Crippen LogP contribution in [-0.2, 0) is 34.7 Å². The van der Waals surface area contributed by atoms with Crippen molar-refractivity contribution in [2.45, 2.75) is 51.0 Å². The molecule has 0 bridgehead atoms. The Labute approximate surface area is 187 Å². The standard InChI is InChI=1S/C24H22FN3O5/c1-3-24(31)13-6-17-20-11(8-28(17)22(29)12(13)9-33-23(24)30)18-15(26)5-4-10-19(18)16(27-20)7-14(25)21(10)32-2/h6-7,15,31H,3-5,8-9,26H2,1-2H3/t15?,24-/m0/s1. The maximum atomic E-state index is 14.8. The molecular formula is C24H22FN3O5. The summed E-state index contributed by atoms with van der Waals surface area (Å²) in [6.07, 6.45) is 1.23. The van der Waals surface area contributed by atoms with E-state index in [0.29, 0.717) is 29.7 Å². The summed E-state index contributed by atoms with van der Waals surface area (Å²) in [5.41, 5.74) is 8.60. The number of cyclic esters (lactones) is 1. The van der Waals surface area contributed by atoms with Crippen molar-refractivity contribution in [2.24, 2.45) is 5.73 Å².